The maximum atomic E-state index is 11.9. The van der Waals surface area contributed by atoms with E-state index in [1.54, 1.807) is 16.8 Å². The number of likely N-dealkylation sites (N-methyl/N-ethyl adjacent to an activating group) is 2. The van der Waals surface area contributed by atoms with Crippen molar-refractivity contribution in [2.75, 3.05) is 37.5 Å². The summed E-state index contributed by atoms with van der Waals surface area (Å²) >= 11 is 5.59. The van der Waals surface area contributed by atoms with Gasteiger partial charge in [0.2, 0.25) is 11.8 Å². The molecule has 0 fully saturated rings. The Kier molecular flexibility index (Phi) is 5.91. The van der Waals surface area contributed by atoms with Gasteiger partial charge in [-0.15, -0.1) is 16.7 Å². The van der Waals surface area contributed by atoms with E-state index in [0.29, 0.717) is 37.3 Å². The van der Waals surface area contributed by atoms with Gasteiger partial charge in [-0.05, 0) is 13.8 Å². The fourth-order valence-electron chi connectivity index (χ4n) is 1.53. The second-order valence-corrected chi connectivity index (χ2v) is 4.22. The molecule has 0 N–H and O–H groups in total. The van der Waals surface area contributed by atoms with Gasteiger partial charge >= 0.3 is 6.01 Å². The molecule has 1 aromatic heterocycles. The summed E-state index contributed by atoms with van der Waals surface area (Å²) < 4.78 is 5.38. The molecular formula is C11H19ClN4O2. The largest absolute Gasteiger partial charge is 0.408 e. The fraction of sp³-hybridized carbons (Fsp3) is 0.727. The first kappa shape index (κ1) is 14.8. The molecule has 0 aliphatic rings. The molecule has 1 rings (SSSR count). The minimum Gasteiger partial charge on any atom is -0.408 e. The van der Waals surface area contributed by atoms with E-state index in [1.165, 1.54) is 0 Å². The van der Waals surface area contributed by atoms with Gasteiger partial charge in [0.25, 0.3) is 0 Å². The third-order valence-electron chi connectivity index (χ3n) is 2.58. The molecule has 0 aliphatic heterocycles. The monoisotopic (exact) mass is 274 g/mol. The van der Waals surface area contributed by atoms with Crippen molar-refractivity contribution in [2.45, 2.75) is 20.3 Å². The Morgan fingerprint density at radius 1 is 1.33 bits per heavy atom. The Labute approximate surface area is 112 Å². The Bertz CT molecular complexity index is 379. The smallest absolute Gasteiger partial charge is 0.318 e. The molecule has 0 bridgehead atoms. The molecule has 1 heterocycles. The van der Waals surface area contributed by atoms with Crippen LogP contribution < -0.4 is 4.90 Å². The summed E-state index contributed by atoms with van der Waals surface area (Å²) in [5.41, 5.74) is 0. The van der Waals surface area contributed by atoms with Crippen LogP contribution in [0.25, 0.3) is 0 Å². The van der Waals surface area contributed by atoms with E-state index >= 15 is 0 Å². The number of nitrogens with zero attached hydrogens (tertiary/aromatic N) is 4. The van der Waals surface area contributed by atoms with Crippen LogP contribution in [-0.2, 0) is 11.2 Å². The standard InChI is InChI=1S/C11H19ClN4O2/c1-4-16(5-2)10(17)8-15(3)11-14-13-9(18-11)6-7-12/h4-8H2,1-3H3. The van der Waals surface area contributed by atoms with Crippen molar-refractivity contribution in [3.63, 3.8) is 0 Å². The zero-order valence-corrected chi connectivity index (χ0v) is 11.8. The first-order valence-corrected chi connectivity index (χ1v) is 6.53. The number of amides is 1. The van der Waals surface area contributed by atoms with Crippen LogP contribution in [0.4, 0.5) is 6.01 Å². The number of hydrogen-bond acceptors (Lipinski definition) is 5. The van der Waals surface area contributed by atoms with Crippen molar-refractivity contribution in [1.82, 2.24) is 15.1 Å². The second kappa shape index (κ2) is 7.20. The molecule has 1 amide bonds. The number of aromatic nitrogens is 2. The quantitative estimate of drug-likeness (QED) is 0.698. The number of halogens is 1. The zero-order valence-electron chi connectivity index (χ0n) is 11.0. The minimum atomic E-state index is 0.0413. The average molecular weight is 275 g/mol. The summed E-state index contributed by atoms with van der Waals surface area (Å²) in [6.45, 7) is 5.53. The molecule has 0 aliphatic carbocycles. The van der Waals surface area contributed by atoms with Crippen molar-refractivity contribution in [3.8, 4) is 0 Å². The lowest BCUT2D eigenvalue weighted by Crippen LogP contribution is -2.38. The van der Waals surface area contributed by atoms with Crippen LogP contribution in [0.2, 0.25) is 0 Å². The molecule has 0 saturated heterocycles. The highest BCUT2D eigenvalue weighted by Gasteiger charge is 2.16. The third-order valence-corrected chi connectivity index (χ3v) is 2.77. The van der Waals surface area contributed by atoms with E-state index in [-0.39, 0.29) is 12.5 Å². The third kappa shape index (κ3) is 3.87. The van der Waals surface area contributed by atoms with Gasteiger partial charge in [-0.3, -0.25) is 4.79 Å². The number of aryl methyl sites for hydroxylation is 1. The maximum Gasteiger partial charge on any atom is 0.318 e. The molecular weight excluding hydrogens is 256 g/mol. The highest BCUT2D eigenvalue weighted by Crippen LogP contribution is 2.11. The van der Waals surface area contributed by atoms with Crippen LogP contribution in [0.15, 0.2) is 4.42 Å². The molecule has 0 unspecified atom stereocenters. The van der Waals surface area contributed by atoms with Crippen molar-refractivity contribution in [1.29, 1.82) is 0 Å². The molecule has 0 spiro atoms. The van der Waals surface area contributed by atoms with E-state index < -0.39 is 0 Å². The normalized spacial score (nSPS) is 10.4. The zero-order chi connectivity index (χ0) is 13.5. The average Bonchev–Trinajstić information content (AvgIpc) is 2.79. The van der Waals surface area contributed by atoms with Crippen LogP contribution in [0.5, 0.6) is 0 Å². The second-order valence-electron chi connectivity index (χ2n) is 3.84. The number of alkyl halides is 1. The van der Waals surface area contributed by atoms with Crippen molar-refractivity contribution in [3.05, 3.63) is 5.89 Å². The Morgan fingerprint density at radius 2 is 2.00 bits per heavy atom. The van der Waals surface area contributed by atoms with Gasteiger partial charge < -0.3 is 14.2 Å². The molecule has 7 heteroatoms. The lowest BCUT2D eigenvalue weighted by atomic mass is 10.4. The van der Waals surface area contributed by atoms with Crippen molar-refractivity contribution in [2.24, 2.45) is 0 Å². The molecule has 0 radical (unpaired) electrons. The lowest BCUT2D eigenvalue weighted by Gasteiger charge is -2.21. The van der Waals surface area contributed by atoms with Gasteiger partial charge in [-0.25, -0.2) is 0 Å². The number of rotatable bonds is 7. The molecule has 0 atom stereocenters. The van der Waals surface area contributed by atoms with Crippen LogP contribution >= 0.6 is 11.6 Å². The lowest BCUT2D eigenvalue weighted by molar-refractivity contribution is -0.129. The van der Waals surface area contributed by atoms with E-state index in [0.717, 1.165) is 0 Å². The van der Waals surface area contributed by atoms with E-state index in [2.05, 4.69) is 10.2 Å². The summed E-state index contributed by atoms with van der Waals surface area (Å²) in [7, 11) is 1.75. The topological polar surface area (TPSA) is 62.5 Å². The minimum absolute atomic E-state index is 0.0413. The van der Waals surface area contributed by atoms with E-state index in [4.69, 9.17) is 16.0 Å². The fourth-order valence-corrected chi connectivity index (χ4v) is 1.69. The number of carbonyl (C=O) groups excluding carboxylic acids is 1. The molecule has 18 heavy (non-hydrogen) atoms. The predicted octanol–water partition coefficient (Wildman–Crippen LogP) is 1.16. The van der Waals surface area contributed by atoms with Gasteiger partial charge in [-0.1, -0.05) is 5.10 Å². The van der Waals surface area contributed by atoms with Gasteiger partial charge in [0.05, 0.1) is 0 Å². The van der Waals surface area contributed by atoms with Gasteiger partial charge in [0, 0.05) is 32.4 Å². The molecule has 0 saturated carbocycles. The van der Waals surface area contributed by atoms with Gasteiger partial charge in [0.15, 0.2) is 0 Å². The predicted molar refractivity (Wildman–Crippen MR) is 69.9 cm³/mol. The van der Waals surface area contributed by atoms with Crippen LogP contribution in [0.3, 0.4) is 0 Å². The van der Waals surface area contributed by atoms with Crippen molar-refractivity contribution >= 4 is 23.5 Å². The maximum absolute atomic E-state index is 11.9. The number of hydrogen-bond donors (Lipinski definition) is 0. The van der Waals surface area contributed by atoms with E-state index in [1.807, 2.05) is 13.8 Å². The van der Waals surface area contributed by atoms with Gasteiger partial charge in [0.1, 0.15) is 6.54 Å². The first-order valence-electron chi connectivity index (χ1n) is 5.99. The molecule has 1 aromatic rings. The summed E-state index contributed by atoms with van der Waals surface area (Å²) in [6.07, 6.45) is 0.534. The molecule has 6 nitrogen and oxygen atoms in total. The van der Waals surface area contributed by atoms with Crippen LogP contribution in [0, 0.1) is 0 Å². The number of carbonyl (C=O) groups is 1. The SMILES string of the molecule is CCN(CC)C(=O)CN(C)c1nnc(CCCl)o1. The first-order chi connectivity index (χ1) is 8.62. The molecule has 0 aromatic carbocycles. The van der Waals surface area contributed by atoms with Crippen LogP contribution in [0.1, 0.15) is 19.7 Å². The van der Waals surface area contributed by atoms with E-state index in [9.17, 15) is 4.79 Å². The Balaban J connectivity index is 2.58. The summed E-state index contributed by atoms with van der Waals surface area (Å²) in [5.74, 6) is 0.964. The van der Waals surface area contributed by atoms with Gasteiger partial charge in [-0.2, -0.15) is 0 Å². The van der Waals surface area contributed by atoms with Crippen molar-refractivity contribution < 1.29 is 9.21 Å². The highest BCUT2D eigenvalue weighted by molar-refractivity contribution is 6.17. The molecule has 102 valence electrons. The number of anilines is 1. The Morgan fingerprint density at radius 3 is 2.56 bits per heavy atom. The Hall–Kier alpha value is -1.30. The van der Waals surface area contributed by atoms with Crippen LogP contribution in [-0.4, -0.2) is 53.6 Å². The summed E-state index contributed by atoms with van der Waals surface area (Å²) in [4.78, 5) is 15.3. The summed E-state index contributed by atoms with van der Waals surface area (Å²) in [5, 5.41) is 7.73. The highest BCUT2D eigenvalue weighted by atomic mass is 35.5. The summed E-state index contributed by atoms with van der Waals surface area (Å²) in [6, 6.07) is 0.343.